The molecule has 1 aromatic carbocycles. The Morgan fingerprint density at radius 2 is 2.14 bits per heavy atom. The van der Waals surface area contributed by atoms with Crippen molar-refractivity contribution < 1.29 is 12.8 Å². The average molecular weight is 344 g/mol. The highest BCUT2D eigenvalue weighted by molar-refractivity contribution is 7.91. The number of nitrogens with zero attached hydrogens (tertiary/aromatic N) is 1. The monoisotopic (exact) mass is 344 g/mol. The van der Waals surface area contributed by atoms with Gasteiger partial charge in [0.1, 0.15) is 5.82 Å². The molecule has 0 aromatic heterocycles. The Labute approximate surface area is 136 Å². The van der Waals surface area contributed by atoms with Crippen LogP contribution in [-0.4, -0.2) is 42.5 Å². The molecule has 122 valence electrons. The number of benzene rings is 1. The van der Waals surface area contributed by atoms with Crippen molar-refractivity contribution in [3.05, 3.63) is 30.1 Å². The molecule has 2 rings (SSSR count). The first-order chi connectivity index (χ1) is 10.3. The number of anilines is 1. The van der Waals surface area contributed by atoms with Crippen LogP contribution < -0.4 is 5.32 Å². The third-order valence-corrected chi connectivity index (χ3v) is 5.67. The quantitative estimate of drug-likeness (QED) is 0.851. The van der Waals surface area contributed by atoms with Crippen LogP contribution in [0.2, 0.25) is 0 Å². The van der Waals surface area contributed by atoms with Crippen LogP contribution in [0.25, 0.3) is 0 Å². The highest BCUT2D eigenvalue weighted by atomic mass is 32.2. The van der Waals surface area contributed by atoms with Gasteiger partial charge in [0.15, 0.2) is 14.9 Å². The highest BCUT2D eigenvalue weighted by Gasteiger charge is 2.33. The third-order valence-electron chi connectivity index (χ3n) is 3.59. The van der Waals surface area contributed by atoms with E-state index in [9.17, 15) is 12.8 Å². The fourth-order valence-electron chi connectivity index (χ4n) is 2.56. The maximum atomic E-state index is 13.7. The number of hydrogen-bond donors (Lipinski definition) is 1. The summed E-state index contributed by atoms with van der Waals surface area (Å²) < 4.78 is 37.2. The molecular formula is C15H21FN2O2S2. The van der Waals surface area contributed by atoms with Gasteiger partial charge < -0.3 is 10.2 Å². The maximum absolute atomic E-state index is 13.7. The van der Waals surface area contributed by atoms with Gasteiger partial charge >= 0.3 is 0 Å². The lowest BCUT2D eigenvalue weighted by Crippen LogP contribution is -2.45. The Balaban J connectivity index is 2.15. The van der Waals surface area contributed by atoms with Crippen molar-refractivity contribution in [1.29, 1.82) is 0 Å². The molecule has 22 heavy (non-hydrogen) atoms. The number of sulfone groups is 1. The molecule has 0 unspecified atom stereocenters. The van der Waals surface area contributed by atoms with E-state index in [0.29, 0.717) is 29.7 Å². The van der Waals surface area contributed by atoms with Crippen LogP contribution in [0, 0.1) is 11.7 Å². The van der Waals surface area contributed by atoms with Gasteiger partial charge in [0.2, 0.25) is 0 Å². The van der Waals surface area contributed by atoms with E-state index in [4.69, 9.17) is 12.2 Å². The van der Waals surface area contributed by atoms with E-state index in [0.717, 1.165) is 0 Å². The molecule has 0 amide bonds. The van der Waals surface area contributed by atoms with Crippen molar-refractivity contribution in [3.8, 4) is 0 Å². The molecule has 0 radical (unpaired) electrons. The van der Waals surface area contributed by atoms with Crippen LogP contribution in [0.4, 0.5) is 10.1 Å². The first-order valence-electron chi connectivity index (χ1n) is 7.31. The minimum absolute atomic E-state index is 0.110. The average Bonchev–Trinajstić information content (AvgIpc) is 2.78. The van der Waals surface area contributed by atoms with Crippen LogP contribution >= 0.6 is 12.2 Å². The normalized spacial score (nSPS) is 20.1. The first kappa shape index (κ1) is 17.1. The summed E-state index contributed by atoms with van der Waals surface area (Å²) in [5.74, 6) is 0.241. The summed E-state index contributed by atoms with van der Waals surface area (Å²) in [7, 11) is -2.99. The summed E-state index contributed by atoms with van der Waals surface area (Å²) >= 11 is 5.40. The molecule has 0 aliphatic carbocycles. The standard InChI is InChI=1S/C15H21FN2O2S2/c1-11(2)9-18(12-7-8-22(19,20)10-12)15(21)17-14-6-4-3-5-13(14)16/h3-6,11-12H,7-10H2,1-2H3,(H,17,21)/t12-/m0/s1. The zero-order chi connectivity index (χ0) is 16.3. The van der Waals surface area contributed by atoms with Gasteiger partial charge in [-0.1, -0.05) is 26.0 Å². The highest BCUT2D eigenvalue weighted by Crippen LogP contribution is 2.21. The van der Waals surface area contributed by atoms with Crippen molar-refractivity contribution in [2.45, 2.75) is 26.3 Å². The fraction of sp³-hybridized carbons (Fsp3) is 0.533. The summed E-state index contributed by atoms with van der Waals surface area (Å²) in [4.78, 5) is 1.89. The van der Waals surface area contributed by atoms with Crippen molar-refractivity contribution >= 4 is 32.9 Å². The van der Waals surface area contributed by atoms with Gasteiger partial charge in [0.25, 0.3) is 0 Å². The molecule has 1 aliphatic heterocycles. The molecule has 1 N–H and O–H groups in total. The Morgan fingerprint density at radius 1 is 1.45 bits per heavy atom. The van der Waals surface area contributed by atoms with Crippen molar-refractivity contribution in [2.75, 3.05) is 23.4 Å². The number of rotatable bonds is 4. The first-order valence-corrected chi connectivity index (χ1v) is 9.54. The van der Waals surface area contributed by atoms with Crippen molar-refractivity contribution in [1.82, 2.24) is 4.90 Å². The molecule has 0 spiro atoms. The third kappa shape index (κ3) is 4.39. The van der Waals surface area contributed by atoms with Gasteiger partial charge in [0, 0.05) is 12.6 Å². The van der Waals surface area contributed by atoms with E-state index < -0.39 is 9.84 Å². The Kier molecular flexibility index (Phi) is 5.39. The molecule has 0 bridgehead atoms. The summed E-state index contributed by atoms with van der Waals surface area (Å²) in [6.07, 6.45) is 0.564. The second-order valence-corrected chi connectivity index (χ2v) is 8.63. The maximum Gasteiger partial charge on any atom is 0.173 e. The lowest BCUT2D eigenvalue weighted by Gasteiger charge is -2.32. The van der Waals surface area contributed by atoms with Gasteiger partial charge in [-0.05, 0) is 36.7 Å². The lowest BCUT2D eigenvalue weighted by molar-refractivity contribution is 0.303. The second-order valence-electron chi connectivity index (χ2n) is 6.01. The Bertz CT molecular complexity index is 647. The summed E-state index contributed by atoms with van der Waals surface area (Å²) in [5, 5.41) is 3.28. The smallest absolute Gasteiger partial charge is 0.173 e. The largest absolute Gasteiger partial charge is 0.345 e. The molecule has 1 fully saturated rings. The predicted octanol–water partition coefficient (Wildman–Crippen LogP) is 2.67. The Morgan fingerprint density at radius 3 is 2.68 bits per heavy atom. The fourth-order valence-corrected chi connectivity index (χ4v) is 4.63. The second kappa shape index (κ2) is 6.91. The van der Waals surface area contributed by atoms with E-state index in [1.54, 1.807) is 18.2 Å². The lowest BCUT2D eigenvalue weighted by atomic mass is 10.1. The van der Waals surface area contributed by atoms with E-state index in [1.807, 2.05) is 18.7 Å². The van der Waals surface area contributed by atoms with Crippen LogP contribution in [0.3, 0.4) is 0 Å². The molecule has 1 atom stereocenters. The van der Waals surface area contributed by atoms with Crippen LogP contribution in [0.5, 0.6) is 0 Å². The zero-order valence-electron chi connectivity index (χ0n) is 12.8. The van der Waals surface area contributed by atoms with Crippen LogP contribution in [-0.2, 0) is 9.84 Å². The minimum atomic E-state index is -2.99. The van der Waals surface area contributed by atoms with E-state index in [1.165, 1.54) is 6.07 Å². The molecule has 1 heterocycles. The van der Waals surface area contributed by atoms with Gasteiger partial charge in [0.05, 0.1) is 17.2 Å². The predicted molar refractivity (Wildman–Crippen MR) is 91.2 cm³/mol. The van der Waals surface area contributed by atoms with Gasteiger partial charge in [-0.15, -0.1) is 0 Å². The molecule has 1 aliphatic rings. The summed E-state index contributed by atoms with van der Waals surface area (Å²) in [6.45, 7) is 4.73. The van der Waals surface area contributed by atoms with Gasteiger partial charge in [-0.3, -0.25) is 0 Å². The van der Waals surface area contributed by atoms with E-state index >= 15 is 0 Å². The van der Waals surface area contributed by atoms with Crippen molar-refractivity contribution in [3.63, 3.8) is 0 Å². The zero-order valence-corrected chi connectivity index (χ0v) is 14.4. The van der Waals surface area contributed by atoms with E-state index in [-0.39, 0.29) is 23.4 Å². The van der Waals surface area contributed by atoms with Gasteiger partial charge in [-0.25, -0.2) is 12.8 Å². The molecular weight excluding hydrogens is 323 g/mol. The molecule has 1 saturated heterocycles. The summed E-state index contributed by atoms with van der Waals surface area (Å²) in [5.41, 5.74) is 0.308. The minimum Gasteiger partial charge on any atom is -0.345 e. The number of para-hydroxylation sites is 1. The molecule has 1 aromatic rings. The molecule has 0 saturated carbocycles. The van der Waals surface area contributed by atoms with Crippen LogP contribution in [0.1, 0.15) is 20.3 Å². The number of thiocarbonyl (C=S) groups is 1. The number of hydrogen-bond acceptors (Lipinski definition) is 3. The topological polar surface area (TPSA) is 49.4 Å². The number of nitrogens with one attached hydrogen (secondary N) is 1. The summed E-state index contributed by atoms with van der Waals surface area (Å²) in [6, 6.07) is 6.16. The Hall–Kier alpha value is -1.21. The SMILES string of the molecule is CC(C)CN(C(=S)Nc1ccccc1F)[C@H]1CCS(=O)(=O)C1. The molecule has 4 nitrogen and oxygen atoms in total. The van der Waals surface area contributed by atoms with Gasteiger partial charge in [-0.2, -0.15) is 0 Å². The van der Waals surface area contributed by atoms with Crippen molar-refractivity contribution in [2.24, 2.45) is 5.92 Å². The van der Waals surface area contributed by atoms with Crippen LogP contribution in [0.15, 0.2) is 24.3 Å². The molecule has 7 heteroatoms. The van der Waals surface area contributed by atoms with E-state index in [2.05, 4.69) is 5.32 Å². The number of halogens is 1.